The molecule has 0 aliphatic heterocycles. The van der Waals surface area contributed by atoms with E-state index in [1.54, 1.807) is 25.1 Å². The van der Waals surface area contributed by atoms with Crippen molar-refractivity contribution < 1.29 is 13.2 Å². The second kappa shape index (κ2) is 8.84. The fraction of sp³-hybridized carbons (Fsp3) is 0.474. The largest absolute Gasteiger partial charge is 0.349 e. The van der Waals surface area contributed by atoms with Gasteiger partial charge < -0.3 is 5.32 Å². The van der Waals surface area contributed by atoms with E-state index in [0.717, 1.165) is 37.0 Å². The molecular formula is C19H25N3O3S2. The number of thiazole rings is 1. The predicted octanol–water partition coefficient (Wildman–Crippen LogP) is 4.10. The van der Waals surface area contributed by atoms with Gasteiger partial charge in [-0.3, -0.25) is 9.52 Å². The van der Waals surface area contributed by atoms with Gasteiger partial charge in [-0.25, -0.2) is 13.4 Å². The minimum absolute atomic E-state index is 0.165. The first kappa shape index (κ1) is 19.8. The lowest BCUT2D eigenvalue weighted by Crippen LogP contribution is -2.35. The second-order valence-corrected chi connectivity index (χ2v) is 9.55. The van der Waals surface area contributed by atoms with Crippen LogP contribution in [0, 0.1) is 6.92 Å². The summed E-state index contributed by atoms with van der Waals surface area (Å²) >= 11 is 1.07. The van der Waals surface area contributed by atoms with Crippen LogP contribution in [0.4, 0.5) is 5.13 Å². The van der Waals surface area contributed by atoms with E-state index in [0.29, 0.717) is 10.6 Å². The SMILES string of the molecule is Cc1nc(NS(=O)(=O)c2ccccc2)sc1C(=O)NC1CCCCCCC1. The molecule has 2 aromatic rings. The first-order valence-corrected chi connectivity index (χ1v) is 11.6. The molecule has 1 aromatic carbocycles. The highest BCUT2D eigenvalue weighted by Crippen LogP contribution is 2.26. The van der Waals surface area contributed by atoms with E-state index in [9.17, 15) is 13.2 Å². The van der Waals surface area contributed by atoms with E-state index in [2.05, 4.69) is 15.0 Å². The third kappa shape index (κ3) is 5.29. The van der Waals surface area contributed by atoms with Crippen molar-refractivity contribution in [3.8, 4) is 0 Å². The molecule has 6 nitrogen and oxygen atoms in total. The molecule has 0 unspecified atom stereocenters. The Hall–Kier alpha value is -1.93. The number of rotatable bonds is 5. The van der Waals surface area contributed by atoms with Crippen molar-refractivity contribution in [2.45, 2.75) is 62.8 Å². The minimum atomic E-state index is -3.71. The Bertz CT molecular complexity index is 871. The summed E-state index contributed by atoms with van der Waals surface area (Å²) in [6.45, 7) is 1.73. The topological polar surface area (TPSA) is 88.2 Å². The van der Waals surface area contributed by atoms with Crippen molar-refractivity contribution in [3.05, 3.63) is 40.9 Å². The van der Waals surface area contributed by atoms with Gasteiger partial charge in [0.25, 0.3) is 15.9 Å². The molecule has 1 heterocycles. The van der Waals surface area contributed by atoms with Crippen LogP contribution < -0.4 is 10.0 Å². The van der Waals surface area contributed by atoms with Gasteiger partial charge in [-0.05, 0) is 31.9 Å². The highest BCUT2D eigenvalue weighted by Gasteiger charge is 2.22. The number of benzene rings is 1. The Morgan fingerprint density at radius 2 is 1.70 bits per heavy atom. The molecule has 3 rings (SSSR count). The summed E-state index contributed by atoms with van der Waals surface area (Å²) in [5.74, 6) is -0.166. The van der Waals surface area contributed by atoms with Crippen LogP contribution in [-0.4, -0.2) is 25.4 Å². The lowest BCUT2D eigenvalue weighted by atomic mass is 9.97. The molecule has 0 atom stereocenters. The summed E-state index contributed by atoms with van der Waals surface area (Å²) in [4.78, 5) is 17.5. The average Bonchev–Trinajstić information content (AvgIpc) is 2.97. The van der Waals surface area contributed by atoms with Crippen LogP contribution in [0.25, 0.3) is 0 Å². The number of aryl methyl sites for hydroxylation is 1. The fourth-order valence-electron chi connectivity index (χ4n) is 3.28. The third-order valence-electron chi connectivity index (χ3n) is 4.72. The van der Waals surface area contributed by atoms with E-state index >= 15 is 0 Å². The van der Waals surface area contributed by atoms with Crippen LogP contribution in [0.2, 0.25) is 0 Å². The van der Waals surface area contributed by atoms with Gasteiger partial charge in [-0.2, -0.15) is 0 Å². The Morgan fingerprint density at radius 3 is 2.37 bits per heavy atom. The van der Waals surface area contributed by atoms with Crippen LogP contribution in [0.3, 0.4) is 0 Å². The molecule has 1 aliphatic carbocycles. The Morgan fingerprint density at radius 1 is 1.07 bits per heavy atom. The van der Waals surface area contributed by atoms with Crippen LogP contribution in [-0.2, 0) is 10.0 Å². The average molecular weight is 408 g/mol. The molecule has 0 bridgehead atoms. The van der Waals surface area contributed by atoms with Gasteiger partial charge in [0.2, 0.25) is 0 Å². The van der Waals surface area contributed by atoms with Gasteiger partial charge in [0.15, 0.2) is 5.13 Å². The third-order valence-corrected chi connectivity index (χ3v) is 7.27. The highest BCUT2D eigenvalue weighted by molar-refractivity contribution is 7.93. The highest BCUT2D eigenvalue weighted by atomic mass is 32.2. The number of aromatic nitrogens is 1. The number of anilines is 1. The molecule has 27 heavy (non-hydrogen) atoms. The van der Waals surface area contributed by atoms with Gasteiger partial charge in [-0.1, -0.05) is 61.6 Å². The zero-order valence-corrected chi connectivity index (χ0v) is 17.0. The molecule has 1 amide bonds. The Kier molecular flexibility index (Phi) is 6.49. The van der Waals surface area contributed by atoms with Crippen molar-refractivity contribution in [1.29, 1.82) is 0 Å². The van der Waals surface area contributed by atoms with Crippen molar-refractivity contribution in [2.75, 3.05) is 4.72 Å². The zero-order valence-electron chi connectivity index (χ0n) is 15.4. The monoisotopic (exact) mass is 407 g/mol. The summed E-state index contributed by atoms with van der Waals surface area (Å²) in [7, 11) is -3.71. The number of hydrogen-bond donors (Lipinski definition) is 2. The van der Waals surface area contributed by atoms with Crippen LogP contribution in [0.1, 0.15) is 60.3 Å². The molecular weight excluding hydrogens is 382 g/mol. The molecule has 8 heteroatoms. The van der Waals surface area contributed by atoms with Crippen molar-refractivity contribution in [3.63, 3.8) is 0 Å². The number of hydrogen-bond acceptors (Lipinski definition) is 5. The molecule has 0 radical (unpaired) electrons. The van der Waals surface area contributed by atoms with Crippen LogP contribution in [0.15, 0.2) is 35.2 Å². The predicted molar refractivity (Wildman–Crippen MR) is 108 cm³/mol. The number of carbonyl (C=O) groups excluding carboxylic acids is 1. The normalized spacial score (nSPS) is 16.3. The molecule has 146 valence electrons. The summed E-state index contributed by atoms with van der Waals surface area (Å²) in [5, 5.41) is 3.31. The molecule has 0 saturated heterocycles. The molecule has 1 aliphatic rings. The number of nitrogens with zero attached hydrogens (tertiary/aromatic N) is 1. The van der Waals surface area contributed by atoms with E-state index in [1.807, 2.05) is 0 Å². The van der Waals surface area contributed by atoms with E-state index in [-0.39, 0.29) is 22.0 Å². The molecule has 1 saturated carbocycles. The van der Waals surface area contributed by atoms with E-state index in [4.69, 9.17) is 0 Å². The Balaban J connectivity index is 1.69. The maximum absolute atomic E-state index is 12.7. The van der Waals surface area contributed by atoms with Crippen molar-refractivity contribution in [1.82, 2.24) is 10.3 Å². The second-order valence-electron chi connectivity index (χ2n) is 6.87. The summed E-state index contributed by atoms with van der Waals surface area (Å²) < 4.78 is 27.3. The fourth-order valence-corrected chi connectivity index (χ4v) is 5.40. The molecule has 1 aromatic heterocycles. The summed E-state index contributed by atoms with van der Waals surface area (Å²) in [6, 6.07) is 8.30. The lowest BCUT2D eigenvalue weighted by Gasteiger charge is -2.20. The standard InChI is InChI=1S/C19H25N3O3S2/c1-14-17(18(23)21-15-10-6-3-2-4-7-11-15)26-19(20-14)22-27(24,25)16-12-8-5-9-13-16/h5,8-9,12-13,15H,2-4,6-7,10-11H2,1H3,(H,20,22)(H,21,23). The maximum atomic E-state index is 12.7. The van der Waals surface area contributed by atoms with Crippen molar-refractivity contribution >= 4 is 32.4 Å². The van der Waals surface area contributed by atoms with Crippen LogP contribution in [0.5, 0.6) is 0 Å². The summed E-state index contributed by atoms with van der Waals surface area (Å²) in [6.07, 6.45) is 7.98. The van der Waals surface area contributed by atoms with Gasteiger partial charge >= 0.3 is 0 Å². The van der Waals surface area contributed by atoms with Crippen LogP contribution >= 0.6 is 11.3 Å². The Labute approximate surface area is 164 Å². The van der Waals surface area contributed by atoms with Gasteiger partial charge in [0, 0.05) is 6.04 Å². The van der Waals surface area contributed by atoms with Gasteiger partial charge in [0.1, 0.15) is 4.88 Å². The quantitative estimate of drug-likeness (QED) is 0.781. The van der Waals surface area contributed by atoms with Gasteiger partial charge in [-0.15, -0.1) is 0 Å². The minimum Gasteiger partial charge on any atom is -0.349 e. The molecule has 0 spiro atoms. The summed E-state index contributed by atoms with van der Waals surface area (Å²) in [5.41, 5.74) is 0.536. The number of sulfonamides is 1. The zero-order chi connectivity index (χ0) is 19.3. The number of nitrogens with one attached hydrogen (secondary N) is 2. The maximum Gasteiger partial charge on any atom is 0.263 e. The lowest BCUT2D eigenvalue weighted by molar-refractivity contribution is 0.0933. The van der Waals surface area contributed by atoms with E-state index < -0.39 is 10.0 Å². The number of carbonyl (C=O) groups is 1. The smallest absolute Gasteiger partial charge is 0.263 e. The number of amides is 1. The molecule has 1 fully saturated rings. The first-order valence-electron chi connectivity index (χ1n) is 9.32. The van der Waals surface area contributed by atoms with Crippen molar-refractivity contribution in [2.24, 2.45) is 0 Å². The van der Waals surface area contributed by atoms with Gasteiger partial charge in [0.05, 0.1) is 10.6 Å². The van der Waals surface area contributed by atoms with E-state index in [1.165, 1.54) is 31.4 Å². The molecule has 2 N–H and O–H groups in total. The first-order chi connectivity index (χ1) is 13.0.